The molecule has 1 aliphatic rings. The lowest BCUT2D eigenvalue weighted by Crippen LogP contribution is -2.47. The maximum atomic E-state index is 5.70. The number of hydrogen-bond donors (Lipinski definition) is 0. The Morgan fingerprint density at radius 3 is 2.74 bits per heavy atom. The van der Waals surface area contributed by atoms with E-state index >= 15 is 0 Å². The highest BCUT2D eigenvalue weighted by Gasteiger charge is 2.24. The van der Waals surface area contributed by atoms with Crippen molar-refractivity contribution in [1.82, 2.24) is 24.2 Å². The topological polar surface area (TPSA) is 48.1 Å². The Morgan fingerprint density at radius 2 is 2.04 bits per heavy atom. The lowest BCUT2D eigenvalue weighted by molar-refractivity contribution is -0.0625. The van der Waals surface area contributed by atoms with Crippen molar-refractivity contribution in [3.63, 3.8) is 0 Å². The molecule has 2 atom stereocenters. The van der Waals surface area contributed by atoms with Crippen LogP contribution in [-0.4, -0.2) is 49.5 Å². The first-order valence-electron chi connectivity index (χ1n) is 8.03. The van der Waals surface area contributed by atoms with E-state index in [1.807, 2.05) is 16.8 Å². The van der Waals surface area contributed by atoms with Crippen molar-refractivity contribution in [2.24, 2.45) is 0 Å². The highest BCUT2D eigenvalue weighted by atomic mass is 32.1. The number of rotatable bonds is 4. The van der Waals surface area contributed by atoms with E-state index in [-0.39, 0.29) is 6.10 Å². The molecule has 0 N–H and O–H groups in total. The Labute approximate surface area is 141 Å². The number of hydrogen-bond acceptors (Lipinski definition) is 5. The summed E-state index contributed by atoms with van der Waals surface area (Å²) >= 11 is 5.64. The third-order valence-corrected chi connectivity index (χ3v) is 4.66. The van der Waals surface area contributed by atoms with Gasteiger partial charge in [-0.25, -0.2) is 4.68 Å². The van der Waals surface area contributed by atoms with E-state index in [2.05, 4.69) is 35.2 Å². The second kappa shape index (κ2) is 6.90. The molecule has 0 amide bonds. The first-order chi connectivity index (χ1) is 11.1. The van der Waals surface area contributed by atoms with Crippen molar-refractivity contribution in [2.75, 3.05) is 13.2 Å². The van der Waals surface area contributed by atoms with Crippen LogP contribution in [-0.2, 0) is 18.0 Å². The van der Waals surface area contributed by atoms with Gasteiger partial charge < -0.3 is 9.30 Å². The molecule has 3 rings (SSSR count). The van der Waals surface area contributed by atoms with Crippen LogP contribution in [0.15, 0.2) is 24.5 Å². The van der Waals surface area contributed by atoms with Gasteiger partial charge in [-0.05, 0) is 45.1 Å². The van der Waals surface area contributed by atoms with E-state index in [0.29, 0.717) is 12.7 Å². The minimum atomic E-state index is 0.244. The monoisotopic (exact) mass is 333 g/mol. The lowest BCUT2D eigenvalue weighted by Gasteiger charge is -2.36. The number of pyridine rings is 1. The van der Waals surface area contributed by atoms with Gasteiger partial charge in [-0.2, -0.15) is 5.10 Å². The fourth-order valence-corrected chi connectivity index (χ4v) is 3.19. The molecule has 2 unspecified atom stereocenters. The van der Waals surface area contributed by atoms with Crippen LogP contribution < -0.4 is 0 Å². The third kappa shape index (κ3) is 3.36. The van der Waals surface area contributed by atoms with Gasteiger partial charge in [-0.3, -0.25) is 9.88 Å². The first kappa shape index (κ1) is 16.3. The zero-order chi connectivity index (χ0) is 16.4. The standard InChI is InChI=1S/C16H23N5OS/c1-4-20-15(14-5-7-17-8-6-14)18-21(16(20)23)11-19-9-13(3)22-10-12(19)2/h5-8,12-13H,4,9-11H2,1-3H3. The quantitative estimate of drug-likeness (QED) is 0.805. The van der Waals surface area contributed by atoms with Gasteiger partial charge in [-0.15, -0.1) is 0 Å². The molecule has 0 spiro atoms. The molecule has 1 aliphatic heterocycles. The molecule has 1 fully saturated rings. The van der Waals surface area contributed by atoms with Crippen LogP contribution in [0.25, 0.3) is 11.4 Å². The molecule has 124 valence electrons. The molecule has 0 bridgehead atoms. The van der Waals surface area contributed by atoms with Gasteiger partial charge in [0.15, 0.2) is 10.6 Å². The average molecular weight is 333 g/mol. The van der Waals surface area contributed by atoms with E-state index in [1.54, 1.807) is 12.4 Å². The zero-order valence-corrected chi connectivity index (χ0v) is 14.7. The summed E-state index contributed by atoms with van der Waals surface area (Å²) in [5.41, 5.74) is 1.04. The summed E-state index contributed by atoms with van der Waals surface area (Å²) in [5, 5.41) is 4.77. The van der Waals surface area contributed by atoms with Crippen LogP contribution in [0.4, 0.5) is 0 Å². The molecule has 2 aromatic rings. The summed E-state index contributed by atoms with van der Waals surface area (Å²) in [6.45, 7) is 9.50. The van der Waals surface area contributed by atoms with Gasteiger partial charge in [0.1, 0.15) is 0 Å². The zero-order valence-electron chi connectivity index (χ0n) is 13.8. The Kier molecular flexibility index (Phi) is 4.89. The lowest BCUT2D eigenvalue weighted by atomic mass is 10.2. The summed E-state index contributed by atoms with van der Waals surface area (Å²) in [7, 11) is 0. The van der Waals surface area contributed by atoms with Crippen molar-refractivity contribution in [3.8, 4) is 11.4 Å². The van der Waals surface area contributed by atoms with E-state index in [9.17, 15) is 0 Å². The average Bonchev–Trinajstić information content (AvgIpc) is 2.88. The summed E-state index contributed by atoms with van der Waals surface area (Å²) in [5.74, 6) is 0.897. The highest BCUT2D eigenvalue weighted by Crippen LogP contribution is 2.19. The van der Waals surface area contributed by atoms with Crippen LogP contribution in [0.1, 0.15) is 20.8 Å². The molecule has 7 heteroatoms. The Morgan fingerprint density at radius 1 is 1.30 bits per heavy atom. The van der Waals surface area contributed by atoms with Gasteiger partial charge in [-0.1, -0.05) is 0 Å². The van der Waals surface area contributed by atoms with Gasteiger partial charge in [0.05, 0.1) is 19.4 Å². The molecule has 0 saturated carbocycles. The van der Waals surface area contributed by atoms with Gasteiger partial charge >= 0.3 is 0 Å². The summed E-state index contributed by atoms with van der Waals surface area (Å²) in [4.78, 5) is 6.44. The second-order valence-electron chi connectivity index (χ2n) is 5.99. The molecule has 2 aromatic heterocycles. The van der Waals surface area contributed by atoms with Crippen LogP contribution in [0.3, 0.4) is 0 Å². The van der Waals surface area contributed by atoms with Gasteiger partial charge in [0.2, 0.25) is 0 Å². The number of nitrogens with zero attached hydrogens (tertiary/aromatic N) is 5. The van der Waals surface area contributed by atoms with E-state index in [4.69, 9.17) is 22.1 Å². The molecular formula is C16H23N5OS. The summed E-state index contributed by atoms with van der Waals surface area (Å²) in [6, 6.07) is 4.30. The molecular weight excluding hydrogens is 310 g/mol. The fourth-order valence-electron chi connectivity index (χ4n) is 2.87. The fraction of sp³-hybridized carbons (Fsp3) is 0.562. The van der Waals surface area contributed by atoms with Gasteiger partial charge in [0, 0.05) is 37.1 Å². The van der Waals surface area contributed by atoms with Crippen molar-refractivity contribution in [2.45, 2.75) is 46.1 Å². The van der Waals surface area contributed by atoms with Crippen molar-refractivity contribution < 1.29 is 4.74 Å². The van der Waals surface area contributed by atoms with Crippen LogP contribution >= 0.6 is 12.2 Å². The number of morpholine rings is 1. The Bertz CT molecular complexity index is 711. The molecule has 0 aromatic carbocycles. The van der Waals surface area contributed by atoms with Crippen molar-refractivity contribution in [1.29, 1.82) is 0 Å². The molecule has 23 heavy (non-hydrogen) atoms. The van der Waals surface area contributed by atoms with Crippen LogP contribution in [0.2, 0.25) is 0 Å². The van der Waals surface area contributed by atoms with E-state index < -0.39 is 0 Å². The van der Waals surface area contributed by atoms with Gasteiger partial charge in [0.25, 0.3) is 0 Å². The smallest absolute Gasteiger partial charge is 0.199 e. The first-order valence-corrected chi connectivity index (χ1v) is 8.44. The number of aromatic nitrogens is 4. The molecule has 1 saturated heterocycles. The van der Waals surface area contributed by atoms with E-state index in [1.165, 1.54) is 0 Å². The van der Waals surface area contributed by atoms with Crippen LogP contribution in [0, 0.1) is 4.77 Å². The number of ether oxygens (including phenoxy) is 1. The maximum absolute atomic E-state index is 5.70. The Hall–Kier alpha value is -1.57. The normalized spacial score (nSPS) is 22.4. The largest absolute Gasteiger partial charge is 0.376 e. The summed E-state index contributed by atoms with van der Waals surface area (Å²) in [6.07, 6.45) is 3.81. The SMILES string of the molecule is CCn1c(-c2ccncc2)nn(CN2CC(C)OCC2C)c1=S. The van der Waals surface area contributed by atoms with Crippen molar-refractivity contribution >= 4 is 12.2 Å². The molecule has 0 radical (unpaired) electrons. The predicted octanol–water partition coefficient (Wildman–Crippen LogP) is 2.56. The Balaban J connectivity index is 1.91. The summed E-state index contributed by atoms with van der Waals surface area (Å²) < 4.78 is 10.4. The molecule has 6 nitrogen and oxygen atoms in total. The molecule has 0 aliphatic carbocycles. The minimum absolute atomic E-state index is 0.244. The third-order valence-electron chi connectivity index (χ3n) is 4.23. The minimum Gasteiger partial charge on any atom is -0.376 e. The van der Waals surface area contributed by atoms with E-state index in [0.717, 1.165) is 35.9 Å². The second-order valence-corrected chi connectivity index (χ2v) is 6.36. The predicted molar refractivity (Wildman–Crippen MR) is 91.5 cm³/mol. The van der Waals surface area contributed by atoms with Crippen LogP contribution in [0.5, 0.6) is 0 Å². The molecule has 3 heterocycles. The maximum Gasteiger partial charge on any atom is 0.199 e. The van der Waals surface area contributed by atoms with Crippen molar-refractivity contribution in [3.05, 3.63) is 29.3 Å². The highest BCUT2D eigenvalue weighted by molar-refractivity contribution is 7.71.